The molecule has 0 fully saturated rings. The van der Waals surface area contributed by atoms with Crippen LogP contribution < -0.4 is 10.0 Å². The van der Waals surface area contributed by atoms with Crippen molar-refractivity contribution in [3.63, 3.8) is 0 Å². The third-order valence-corrected chi connectivity index (χ3v) is 5.84. The zero-order chi connectivity index (χ0) is 16.0. The number of benzene rings is 1. The van der Waals surface area contributed by atoms with E-state index in [-0.39, 0.29) is 16.8 Å². The second kappa shape index (κ2) is 5.21. The summed E-state index contributed by atoms with van der Waals surface area (Å²) < 4.78 is 27.8. The molecule has 1 atom stereocenters. The Morgan fingerprint density at radius 1 is 1.32 bits per heavy atom. The van der Waals surface area contributed by atoms with Crippen molar-refractivity contribution in [1.82, 2.24) is 4.72 Å². The molecule has 1 heterocycles. The monoisotopic (exact) mass is 320 g/mol. The lowest BCUT2D eigenvalue weighted by Gasteiger charge is -2.19. The van der Waals surface area contributed by atoms with Gasteiger partial charge in [-0.05, 0) is 56.9 Å². The predicted molar refractivity (Wildman–Crippen MR) is 85.2 cm³/mol. The molecule has 0 aromatic heterocycles. The molecule has 0 spiro atoms. The first kappa shape index (κ1) is 15.2. The number of carbonyl (C=O) groups is 1. The SMILES string of the molecule is CC1(C)C(=O)Nc2ccc(S(=O)(=O)N[C@H]3C=CCCC3)cc21. The molecule has 118 valence electrons. The molecule has 6 heteroatoms. The Morgan fingerprint density at radius 3 is 2.77 bits per heavy atom. The summed E-state index contributed by atoms with van der Waals surface area (Å²) in [7, 11) is -3.59. The highest BCUT2D eigenvalue weighted by atomic mass is 32.2. The van der Waals surface area contributed by atoms with Crippen LogP contribution in [-0.2, 0) is 20.2 Å². The van der Waals surface area contributed by atoms with Gasteiger partial charge in [0, 0.05) is 11.7 Å². The zero-order valence-electron chi connectivity index (χ0n) is 12.7. The number of rotatable bonds is 3. The van der Waals surface area contributed by atoms with Crippen molar-refractivity contribution in [2.24, 2.45) is 0 Å². The molecule has 0 saturated carbocycles. The highest BCUT2D eigenvalue weighted by Crippen LogP contribution is 2.38. The van der Waals surface area contributed by atoms with Gasteiger partial charge in [0.15, 0.2) is 0 Å². The van der Waals surface area contributed by atoms with Crippen LogP contribution in [0, 0.1) is 0 Å². The quantitative estimate of drug-likeness (QED) is 0.839. The molecule has 3 rings (SSSR count). The summed E-state index contributed by atoms with van der Waals surface area (Å²) in [5.41, 5.74) is 0.692. The van der Waals surface area contributed by atoms with E-state index in [1.54, 1.807) is 26.0 Å². The highest BCUT2D eigenvalue weighted by molar-refractivity contribution is 7.89. The number of hydrogen-bond acceptors (Lipinski definition) is 3. The van der Waals surface area contributed by atoms with Crippen molar-refractivity contribution in [2.45, 2.75) is 49.5 Å². The van der Waals surface area contributed by atoms with E-state index in [1.807, 2.05) is 12.2 Å². The lowest BCUT2D eigenvalue weighted by Crippen LogP contribution is -2.34. The molecule has 1 aromatic carbocycles. The fraction of sp³-hybridized carbons (Fsp3) is 0.438. The number of hydrogen-bond donors (Lipinski definition) is 2. The van der Waals surface area contributed by atoms with Gasteiger partial charge >= 0.3 is 0 Å². The second-order valence-electron chi connectivity index (χ2n) is 6.37. The van der Waals surface area contributed by atoms with E-state index in [2.05, 4.69) is 10.0 Å². The first-order chi connectivity index (χ1) is 10.3. The Bertz CT molecular complexity index is 751. The van der Waals surface area contributed by atoms with Gasteiger partial charge in [0.25, 0.3) is 0 Å². The Hall–Kier alpha value is -1.66. The summed E-state index contributed by atoms with van der Waals surface area (Å²) in [6.45, 7) is 3.59. The van der Waals surface area contributed by atoms with Gasteiger partial charge in [0.05, 0.1) is 10.3 Å². The number of allylic oxidation sites excluding steroid dienone is 1. The Kier molecular flexibility index (Phi) is 3.61. The molecule has 5 nitrogen and oxygen atoms in total. The van der Waals surface area contributed by atoms with Crippen LogP contribution in [0.5, 0.6) is 0 Å². The summed E-state index contributed by atoms with van der Waals surface area (Å²) in [6, 6.07) is 4.64. The topological polar surface area (TPSA) is 75.3 Å². The van der Waals surface area contributed by atoms with Gasteiger partial charge < -0.3 is 5.32 Å². The molecule has 0 saturated heterocycles. The largest absolute Gasteiger partial charge is 0.325 e. The Morgan fingerprint density at radius 2 is 2.09 bits per heavy atom. The molecule has 2 N–H and O–H groups in total. The maximum absolute atomic E-state index is 12.5. The maximum Gasteiger partial charge on any atom is 0.241 e. The molecular formula is C16H20N2O3S. The molecule has 22 heavy (non-hydrogen) atoms. The van der Waals surface area contributed by atoms with E-state index in [0.717, 1.165) is 24.8 Å². The first-order valence-electron chi connectivity index (χ1n) is 7.46. The minimum Gasteiger partial charge on any atom is -0.325 e. The van der Waals surface area contributed by atoms with Crippen molar-refractivity contribution in [3.8, 4) is 0 Å². The van der Waals surface area contributed by atoms with E-state index < -0.39 is 15.4 Å². The third-order valence-electron chi connectivity index (χ3n) is 4.35. The van der Waals surface area contributed by atoms with Crippen LogP contribution in [0.2, 0.25) is 0 Å². The number of sulfonamides is 1. The second-order valence-corrected chi connectivity index (χ2v) is 8.09. The number of anilines is 1. The molecule has 0 radical (unpaired) electrons. The summed E-state index contributed by atoms with van der Waals surface area (Å²) in [5.74, 6) is -0.111. The minimum atomic E-state index is -3.59. The summed E-state index contributed by atoms with van der Waals surface area (Å²) >= 11 is 0. The molecular weight excluding hydrogens is 300 g/mol. The normalized spacial score (nSPS) is 23.2. The van der Waals surface area contributed by atoms with Crippen molar-refractivity contribution in [3.05, 3.63) is 35.9 Å². The van der Waals surface area contributed by atoms with Gasteiger partial charge in [0.2, 0.25) is 15.9 Å². The average Bonchev–Trinajstić information content (AvgIpc) is 2.69. The fourth-order valence-electron chi connectivity index (χ4n) is 2.90. The lowest BCUT2D eigenvalue weighted by atomic mass is 9.86. The number of amides is 1. The lowest BCUT2D eigenvalue weighted by molar-refractivity contribution is -0.119. The zero-order valence-corrected chi connectivity index (χ0v) is 13.5. The predicted octanol–water partition coefficient (Wildman–Crippen LogP) is 2.30. The van der Waals surface area contributed by atoms with Crippen molar-refractivity contribution < 1.29 is 13.2 Å². The van der Waals surface area contributed by atoms with Crippen LogP contribution >= 0.6 is 0 Å². The highest BCUT2D eigenvalue weighted by Gasteiger charge is 2.39. The van der Waals surface area contributed by atoms with Crippen LogP contribution in [0.15, 0.2) is 35.2 Å². The van der Waals surface area contributed by atoms with Gasteiger partial charge in [0.1, 0.15) is 0 Å². The van der Waals surface area contributed by atoms with Gasteiger partial charge in [-0.15, -0.1) is 0 Å². The van der Waals surface area contributed by atoms with E-state index in [4.69, 9.17) is 0 Å². The molecule has 1 amide bonds. The Labute approximate surface area is 130 Å². The van der Waals surface area contributed by atoms with Gasteiger partial charge in [-0.3, -0.25) is 4.79 Å². The van der Waals surface area contributed by atoms with Crippen LogP contribution in [0.1, 0.15) is 38.7 Å². The van der Waals surface area contributed by atoms with Crippen molar-refractivity contribution in [2.75, 3.05) is 5.32 Å². The number of nitrogens with one attached hydrogen (secondary N) is 2. The fourth-order valence-corrected chi connectivity index (χ4v) is 4.15. The number of fused-ring (bicyclic) bond motifs is 1. The van der Waals surface area contributed by atoms with E-state index in [0.29, 0.717) is 5.69 Å². The maximum atomic E-state index is 12.5. The summed E-state index contributed by atoms with van der Waals surface area (Å²) in [5, 5.41) is 2.78. The van der Waals surface area contributed by atoms with E-state index >= 15 is 0 Å². The molecule has 1 aromatic rings. The third kappa shape index (κ3) is 2.57. The minimum absolute atomic E-state index is 0.111. The smallest absolute Gasteiger partial charge is 0.241 e. The summed E-state index contributed by atoms with van der Waals surface area (Å²) in [4.78, 5) is 12.1. The average molecular weight is 320 g/mol. The van der Waals surface area contributed by atoms with Crippen LogP contribution in [-0.4, -0.2) is 20.4 Å². The first-order valence-corrected chi connectivity index (χ1v) is 8.94. The van der Waals surface area contributed by atoms with E-state index in [9.17, 15) is 13.2 Å². The van der Waals surface area contributed by atoms with Gasteiger partial charge in [-0.2, -0.15) is 0 Å². The standard InChI is InChI=1S/C16H20N2O3S/c1-16(2)13-10-12(8-9-14(13)17-15(16)19)22(20,21)18-11-6-4-3-5-7-11/h4,6,8-11,18H,3,5,7H2,1-2H3,(H,17,19)/t11-/m0/s1. The molecule has 1 aliphatic carbocycles. The molecule has 0 unspecified atom stereocenters. The van der Waals surface area contributed by atoms with Crippen molar-refractivity contribution in [1.29, 1.82) is 0 Å². The molecule has 0 bridgehead atoms. The van der Waals surface area contributed by atoms with Gasteiger partial charge in [-0.25, -0.2) is 13.1 Å². The van der Waals surface area contributed by atoms with Crippen LogP contribution in [0.4, 0.5) is 5.69 Å². The van der Waals surface area contributed by atoms with Crippen LogP contribution in [0.25, 0.3) is 0 Å². The number of carbonyl (C=O) groups excluding carboxylic acids is 1. The Balaban J connectivity index is 1.93. The molecule has 1 aliphatic heterocycles. The molecule has 2 aliphatic rings. The van der Waals surface area contributed by atoms with Crippen LogP contribution in [0.3, 0.4) is 0 Å². The van der Waals surface area contributed by atoms with E-state index in [1.165, 1.54) is 6.07 Å². The van der Waals surface area contributed by atoms with Crippen molar-refractivity contribution >= 4 is 21.6 Å². The van der Waals surface area contributed by atoms with Gasteiger partial charge in [-0.1, -0.05) is 12.2 Å². The summed E-state index contributed by atoms with van der Waals surface area (Å²) in [6.07, 6.45) is 6.71.